The topological polar surface area (TPSA) is 104 Å². The minimum absolute atomic E-state index is 0.00692. The Balaban J connectivity index is 1.52. The number of aliphatic hydroxyl groups excluding tert-OH is 1. The zero-order chi connectivity index (χ0) is 24.3. The molecule has 0 spiro atoms. The van der Waals surface area contributed by atoms with E-state index >= 15 is 0 Å². The van der Waals surface area contributed by atoms with Crippen LogP contribution in [0.5, 0.6) is 5.75 Å². The summed E-state index contributed by atoms with van der Waals surface area (Å²) in [6.07, 6.45) is 0. The van der Waals surface area contributed by atoms with E-state index in [0.717, 1.165) is 15.6 Å². The maximum Gasteiger partial charge on any atom is 0.296 e. The maximum atomic E-state index is 13.7. The number of aromatic hydroxyl groups is 1. The van der Waals surface area contributed by atoms with Gasteiger partial charge in [-0.3, -0.25) is 14.5 Å². The van der Waals surface area contributed by atoms with Crippen molar-refractivity contribution >= 4 is 49.3 Å². The van der Waals surface area contributed by atoms with E-state index in [1.165, 1.54) is 28.4 Å². The van der Waals surface area contributed by atoms with Crippen molar-refractivity contribution in [2.45, 2.75) is 13.0 Å². The molecule has 5 aromatic rings. The number of hydrogen-bond donors (Lipinski definition) is 2. The molecule has 6 rings (SSSR count). The van der Waals surface area contributed by atoms with Gasteiger partial charge in [0.1, 0.15) is 11.3 Å². The Hall–Kier alpha value is -4.43. The van der Waals surface area contributed by atoms with Gasteiger partial charge < -0.3 is 14.6 Å². The number of aliphatic hydroxyl groups is 1. The summed E-state index contributed by atoms with van der Waals surface area (Å²) in [6.45, 7) is 1.97. The fourth-order valence-corrected chi connectivity index (χ4v) is 5.48. The van der Waals surface area contributed by atoms with Crippen molar-refractivity contribution in [1.82, 2.24) is 4.98 Å². The van der Waals surface area contributed by atoms with Crippen molar-refractivity contribution in [2.75, 3.05) is 4.90 Å². The normalized spacial score (nSPS) is 16.1. The molecule has 0 fully saturated rings. The van der Waals surface area contributed by atoms with E-state index in [-0.39, 0.29) is 17.1 Å². The van der Waals surface area contributed by atoms with Crippen molar-refractivity contribution in [3.05, 3.63) is 101 Å². The zero-order valence-corrected chi connectivity index (χ0v) is 19.2. The standard InChI is InChI=1S/C27H18N2O5S/c1-14-9-10-18-21(11-14)35-27(28-18)29-23(16-6-4-7-17(30)12-16)22(25(32)26(29)33)24(31)20-13-15-5-2-3-8-19(15)34-20/h2-13,23,30,32H,1H3/t23-/m0/s1. The van der Waals surface area contributed by atoms with Crippen molar-refractivity contribution in [2.24, 2.45) is 0 Å². The summed E-state index contributed by atoms with van der Waals surface area (Å²) < 4.78 is 6.62. The number of para-hydroxylation sites is 1. The van der Waals surface area contributed by atoms with Gasteiger partial charge in [0.15, 0.2) is 16.7 Å². The predicted molar refractivity (Wildman–Crippen MR) is 133 cm³/mol. The highest BCUT2D eigenvalue weighted by Crippen LogP contribution is 2.45. The number of carbonyl (C=O) groups excluding carboxylic acids is 2. The van der Waals surface area contributed by atoms with Gasteiger partial charge in [-0.15, -0.1) is 0 Å². The van der Waals surface area contributed by atoms with E-state index in [9.17, 15) is 19.8 Å². The lowest BCUT2D eigenvalue weighted by atomic mass is 9.95. The van der Waals surface area contributed by atoms with E-state index in [4.69, 9.17) is 4.42 Å². The largest absolute Gasteiger partial charge is 0.508 e. The van der Waals surface area contributed by atoms with Crippen LogP contribution in [0.15, 0.2) is 88.5 Å². The third kappa shape index (κ3) is 3.38. The lowest BCUT2D eigenvalue weighted by molar-refractivity contribution is -0.117. The average Bonchev–Trinajstić information content (AvgIpc) is 3.52. The number of thiazole rings is 1. The minimum Gasteiger partial charge on any atom is -0.508 e. The van der Waals surface area contributed by atoms with Gasteiger partial charge in [-0.1, -0.05) is 47.7 Å². The Morgan fingerprint density at radius 1 is 1.03 bits per heavy atom. The van der Waals surface area contributed by atoms with Gasteiger partial charge >= 0.3 is 0 Å². The molecule has 0 saturated heterocycles. The number of rotatable bonds is 4. The molecule has 2 aromatic heterocycles. The van der Waals surface area contributed by atoms with E-state index < -0.39 is 23.5 Å². The van der Waals surface area contributed by atoms with Crippen LogP contribution in [0.25, 0.3) is 21.2 Å². The Morgan fingerprint density at radius 3 is 2.66 bits per heavy atom. The van der Waals surface area contributed by atoms with Gasteiger partial charge in [-0.25, -0.2) is 4.98 Å². The van der Waals surface area contributed by atoms with Crippen molar-refractivity contribution in [3.63, 3.8) is 0 Å². The van der Waals surface area contributed by atoms with Crippen LogP contribution >= 0.6 is 11.3 Å². The average molecular weight is 483 g/mol. The first-order valence-corrected chi connectivity index (χ1v) is 11.7. The third-order valence-electron chi connectivity index (χ3n) is 6.03. The Labute approximate surface area is 203 Å². The van der Waals surface area contributed by atoms with Crippen molar-refractivity contribution < 1.29 is 24.2 Å². The van der Waals surface area contributed by atoms with Crippen molar-refractivity contribution in [1.29, 1.82) is 0 Å². The number of anilines is 1. The maximum absolute atomic E-state index is 13.7. The van der Waals surface area contributed by atoms with Crippen molar-refractivity contribution in [3.8, 4) is 5.75 Å². The first kappa shape index (κ1) is 21.1. The molecule has 7 nitrogen and oxygen atoms in total. The summed E-state index contributed by atoms with van der Waals surface area (Å²) in [6, 6.07) is 19.8. The lowest BCUT2D eigenvalue weighted by Gasteiger charge is -2.24. The quantitative estimate of drug-likeness (QED) is 0.312. The van der Waals surface area contributed by atoms with Crippen LogP contribution in [-0.4, -0.2) is 26.9 Å². The summed E-state index contributed by atoms with van der Waals surface area (Å²) in [5.74, 6) is -2.04. The number of amides is 1. The molecule has 1 aliphatic rings. The van der Waals surface area contributed by atoms with Crippen LogP contribution in [0.1, 0.15) is 27.7 Å². The molecule has 1 amide bonds. The summed E-state index contributed by atoms with van der Waals surface area (Å²) >= 11 is 1.29. The molecular formula is C27H18N2O5S. The van der Waals surface area contributed by atoms with Gasteiger partial charge in [0.2, 0.25) is 5.78 Å². The zero-order valence-electron chi connectivity index (χ0n) is 18.4. The molecule has 1 atom stereocenters. The van der Waals surface area contributed by atoms with E-state index in [1.54, 1.807) is 30.3 Å². The molecule has 0 bridgehead atoms. The number of hydrogen-bond acceptors (Lipinski definition) is 7. The summed E-state index contributed by atoms with van der Waals surface area (Å²) in [5, 5.41) is 22.2. The van der Waals surface area contributed by atoms with Crippen LogP contribution in [0, 0.1) is 6.92 Å². The fraction of sp³-hybridized carbons (Fsp3) is 0.0741. The van der Waals surface area contributed by atoms with Gasteiger partial charge in [-0.05, 0) is 54.4 Å². The van der Waals surface area contributed by atoms with Crippen LogP contribution in [0.2, 0.25) is 0 Å². The number of phenolic OH excluding ortho intramolecular Hbond substituents is 1. The van der Waals surface area contributed by atoms with Gasteiger partial charge in [0.05, 0.1) is 21.8 Å². The number of aryl methyl sites for hydroxylation is 1. The molecule has 1 aliphatic heterocycles. The Morgan fingerprint density at radius 2 is 1.86 bits per heavy atom. The second kappa shape index (κ2) is 7.82. The smallest absolute Gasteiger partial charge is 0.296 e. The summed E-state index contributed by atoms with van der Waals surface area (Å²) in [5.41, 5.74) is 2.60. The number of furan rings is 1. The molecule has 172 valence electrons. The molecule has 3 aromatic carbocycles. The molecule has 0 saturated carbocycles. The Kier molecular flexibility index (Phi) is 4.72. The first-order valence-electron chi connectivity index (χ1n) is 10.9. The van der Waals surface area contributed by atoms with E-state index in [1.807, 2.05) is 37.3 Å². The number of Topliss-reactive ketones (excluding diaryl/α,β-unsaturated/α-hetero) is 1. The highest BCUT2D eigenvalue weighted by atomic mass is 32.1. The lowest BCUT2D eigenvalue weighted by Crippen LogP contribution is -2.30. The van der Waals surface area contributed by atoms with E-state index in [2.05, 4.69) is 4.98 Å². The second-order valence-electron chi connectivity index (χ2n) is 8.38. The molecule has 8 heteroatoms. The van der Waals surface area contributed by atoms with Crippen LogP contribution in [0.4, 0.5) is 5.13 Å². The summed E-state index contributed by atoms with van der Waals surface area (Å²) in [7, 11) is 0. The molecular weight excluding hydrogens is 464 g/mol. The van der Waals surface area contributed by atoms with Crippen LogP contribution in [0.3, 0.4) is 0 Å². The number of carbonyl (C=O) groups is 2. The fourth-order valence-electron chi connectivity index (χ4n) is 4.39. The number of ketones is 1. The van der Waals surface area contributed by atoms with Gasteiger partial charge in [0.25, 0.3) is 5.91 Å². The molecule has 0 unspecified atom stereocenters. The SMILES string of the molecule is Cc1ccc2nc(N3C(=O)C(O)=C(C(=O)c4cc5ccccc5o4)[C@@H]3c3cccc(O)c3)sc2c1. The highest BCUT2D eigenvalue weighted by Gasteiger charge is 2.46. The molecule has 0 aliphatic carbocycles. The number of aromatic nitrogens is 1. The number of phenols is 1. The predicted octanol–water partition coefficient (Wildman–Crippen LogP) is 5.84. The van der Waals surface area contributed by atoms with Gasteiger partial charge in [-0.2, -0.15) is 0 Å². The number of nitrogens with zero attached hydrogens (tertiary/aromatic N) is 2. The van der Waals surface area contributed by atoms with E-state index in [0.29, 0.717) is 21.8 Å². The third-order valence-corrected chi connectivity index (χ3v) is 7.04. The Bertz CT molecular complexity index is 1660. The minimum atomic E-state index is -1.00. The van der Waals surface area contributed by atoms with Crippen LogP contribution < -0.4 is 4.90 Å². The number of benzene rings is 3. The highest BCUT2D eigenvalue weighted by molar-refractivity contribution is 7.22. The molecule has 35 heavy (non-hydrogen) atoms. The molecule has 2 N–H and O–H groups in total. The first-order chi connectivity index (χ1) is 16.9. The summed E-state index contributed by atoms with van der Waals surface area (Å²) in [4.78, 5) is 33.0. The van der Waals surface area contributed by atoms with Gasteiger partial charge in [0, 0.05) is 5.39 Å². The molecule has 0 radical (unpaired) electrons. The second-order valence-corrected chi connectivity index (χ2v) is 9.39. The monoisotopic (exact) mass is 482 g/mol. The van der Waals surface area contributed by atoms with Crippen LogP contribution in [-0.2, 0) is 4.79 Å². The number of fused-ring (bicyclic) bond motifs is 2. The molecule has 3 heterocycles.